The Bertz CT molecular complexity index is 331. The van der Waals surface area contributed by atoms with Gasteiger partial charge in [-0.3, -0.25) is 0 Å². The highest BCUT2D eigenvalue weighted by molar-refractivity contribution is 5.27. The Labute approximate surface area is 117 Å². The van der Waals surface area contributed by atoms with Crippen molar-refractivity contribution in [1.29, 1.82) is 0 Å². The third kappa shape index (κ3) is 6.60. The van der Waals surface area contributed by atoms with Gasteiger partial charge in [0.2, 0.25) is 0 Å². The molecule has 0 aliphatic heterocycles. The van der Waals surface area contributed by atoms with Crippen LogP contribution in [-0.2, 0) is 6.42 Å². The first-order valence-electron chi connectivity index (χ1n) is 7.35. The number of aryl methyl sites for hydroxylation is 1. The van der Waals surface area contributed by atoms with Crippen LogP contribution in [0.5, 0.6) is 5.75 Å². The van der Waals surface area contributed by atoms with Crippen molar-refractivity contribution in [3.63, 3.8) is 0 Å². The molecule has 0 bridgehead atoms. The average molecular weight is 264 g/mol. The van der Waals surface area contributed by atoms with Gasteiger partial charge in [-0.05, 0) is 50.6 Å². The van der Waals surface area contributed by atoms with Gasteiger partial charge in [0.15, 0.2) is 0 Å². The van der Waals surface area contributed by atoms with Crippen molar-refractivity contribution in [2.75, 3.05) is 26.2 Å². The van der Waals surface area contributed by atoms with E-state index < -0.39 is 0 Å². The van der Waals surface area contributed by atoms with Gasteiger partial charge in [-0.15, -0.1) is 0 Å². The average Bonchev–Trinajstić information content (AvgIpc) is 2.42. The first-order chi connectivity index (χ1) is 9.15. The van der Waals surface area contributed by atoms with Crippen LogP contribution in [0.25, 0.3) is 0 Å². The Hall–Kier alpha value is -1.06. The summed E-state index contributed by atoms with van der Waals surface area (Å²) in [6, 6.07) is 8.65. The SMILES string of the molecule is CCN(CC)CCOc1ccc(CCC(C)N)cc1. The van der Waals surface area contributed by atoms with E-state index in [0.29, 0.717) is 0 Å². The molecule has 1 unspecified atom stereocenters. The van der Waals surface area contributed by atoms with Crippen molar-refractivity contribution in [3.8, 4) is 5.75 Å². The van der Waals surface area contributed by atoms with E-state index >= 15 is 0 Å². The number of benzene rings is 1. The molecule has 0 heterocycles. The van der Waals surface area contributed by atoms with Gasteiger partial charge in [0.1, 0.15) is 12.4 Å². The smallest absolute Gasteiger partial charge is 0.119 e. The van der Waals surface area contributed by atoms with Crippen LogP contribution in [0.3, 0.4) is 0 Å². The monoisotopic (exact) mass is 264 g/mol. The summed E-state index contributed by atoms with van der Waals surface area (Å²) in [5, 5.41) is 0. The molecule has 0 amide bonds. The van der Waals surface area contributed by atoms with E-state index in [1.54, 1.807) is 0 Å². The highest BCUT2D eigenvalue weighted by Gasteiger charge is 2.01. The number of nitrogens with zero attached hydrogens (tertiary/aromatic N) is 1. The van der Waals surface area contributed by atoms with E-state index in [0.717, 1.165) is 44.8 Å². The molecule has 0 radical (unpaired) electrons. The topological polar surface area (TPSA) is 38.5 Å². The normalized spacial score (nSPS) is 12.7. The zero-order valence-corrected chi connectivity index (χ0v) is 12.6. The molecule has 0 saturated heterocycles. The highest BCUT2D eigenvalue weighted by atomic mass is 16.5. The lowest BCUT2D eigenvalue weighted by atomic mass is 10.1. The quantitative estimate of drug-likeness (QED) is 0.745. The first kappa shape index (κ1) is 16.0. The van der Waals surface area contributed by atoms with Crippen LogP contribution in [0.15, 0.2) is 24.3 Å². The fourth-order valence-electron chi connectivity index (χ4n) is 1.98. The molecule has 2 N–H and O–H groups in total. The summed E-state index contributed by atoms with van der Waals surface area (Å²) in [6.07, 6.45) is 2.07. The van der Waals surface area contributed by atoms with E-state index in [2.05, 4.69) is 43.0 Å². The summed E-state index contributed by atoms with van der Waals surface area (Å²) in [4.78, 5) is 2.36. The Morgan fingerprint density at radius 3 is 2.32 bits per heavy atom. The molecule has 0 spiro atoms. The number of rotatable bonds is 9. The molecule has 3 heteroatoms. The minimum atomic E-state index is 0.269. The van der Waals surface area contributed by atoms with Gasteiger partial charge >= 0.3 is 0 Å². The van der Waals surface area contributed by atoms with E-state index in [1.807, 2.05) is 6.92 Å². The van der Waals surface area contributed by atoms with Crippen LogP contribution in [0.4, 0.5) is 0 Å². The predicted molar refractivity (Wildman–Crippen MR) is 81.7 cm³/mol. The molecule has 1 aromatic rings. The van der Waals surface area contributed by atoms with Crippen molar-refractivity contribution in [3.05, 3.63) is 29.8 Å². The third-order valence-corrected chi connectivity index (χ3v) is 3.38. The zero-order valence-electron chi connectivity index (χ0n) is 12.6. The molecule has 0 fully saturated rings. The van der Waals surface area contributed by atoms with E-state index in [4.69, 9.17) is 10.5 Å². The number of nitrogens with two attached hydrogens (primary N) is 1. The van der Waals surface area contributed by atoms with Crippen molar-refractivity contribution in [2.45, 2.75) is 39.7 Å². The Morgan fingerprint density at radius 2 is 1.79 bits per heavy atom. The maximum absolute atomic E-state index is 5.76. The fraction of sp³-hybridized carbons (Fsp3) is 0.625. The molecule has 1 rings (SSSR count). The van der Waals surface area contributed by atoms with Crippen LogP contribution in [-0.4, -0.2) is 37.2 Å². The molecule has 3 nitrogen and oxygen atoms in total. The van der Waals surface area contributed by atoms with Crippen LogP contribution < -0.4 is 10.5 Å². The van der Waals surface area contributed by atoms with Gasteiger partial charge in [0.25, 0.3) is 0 Å². The van der Waals surface area contributed by atoms with Crippen molar-refractivity contribution in [2.24, 2.45) is 5.73 Å². The Balaban J connectivity index is 2.31. The van der Waals surface area contributed by atoms with E-state index in [-0.39, 0.29) is 6.04 Å². The van der Waals surface area contributed by atoms with Gasteiger partial charge < -0.3 is 15.4 Å². The first-order valence-corrected chi connectivity index (χ1v) is 7.35. The van der Waals surface area contributed by atoms with Gasteiger partial charge in [0.05, 0.1) is 0 Å². The van der Waals surface area contributed by atoms with Crippen molar-refractivity contribution < 1.29 is 4.74 Å². The second-order valence-electron chi connectivity index (χ2n) is 5.04. The fourth-order valence-corrected chi connectivity index (χ4v) is 1.98. The minimum absolute atomic E-state index is 0.269. The van der Waals surface area contributed by atoms with Crippen LogP contribution >= 0.6 is 0 Å². The lowest BCUT2D eigenvalue weighted by Gasteiger charge is -2.18. The molecule has 108 valence electrons. The number of hydrogen-bond donors (Lipinski definition) is 1. The number of ether oxygens (including phenoxy) is 1. The van der Waals surface area contributed by atoms with Gasteiger partial charge in [-0.1, -0.05) is 26.0 Å². The molecule has 0 saturated carbocycles. The lowest BCUT2D eigenvalue weighted by Crippen LogP contribution is -2.27. The largest absolute Gasteiger partial charge is 0.492 e. The Morgan fingerprint density at radius 1 is 1.16 bits per heavy atom. The number of likely N-dealkylation sites (N-methyl/N-ethyl adjacent to an activating group) is 1. The minimum Gasteiger partial charge on any atom is -0.492 e. The maximum Gasteiger partial charge on any atom is 0.119 e. The second-order valence-corrected chi connectivity index (χ2v) is 5.04. The van der Waals surface area contributed by atoms with Gasteiger partial charge in [-0.25, -0.2) is 0 Å². The molecule has 1 aromatic carbocycles. The van der Waals surface area contributed by atoms with Crippen LogP contribution in [0.2, 0.25) is 0 Å². The van der Waals surface area contributed by atoms with Crippen LogP contribution in [0, 0.1) is 0 Å². The molecule has 19 heavy (non-hydrogen) atoms. The predicted octanol–water partition coefficient (Wildman–Crippen LogP) is 2.69. The summed E-state index contributed by atoms with van der Waals surface area (Å²) in [7, 11) is 0. The van der Waals surface area contributed by atoms with Crippen LogP contribution in [0.1, 0.15) is 32.8 Å². The lowest BCUT2D eigenvalue weighted by molar-refractivity contribution is 0.223. The maximum atomic E-state index is 5.76. The molecule has 0 aliphatic rings. The molecular formula is C16H28N2O. The molecule has 0 aromatic heterocycles. The number of hydrogen-bond acceptors (Lipinski definition) is 3. The van der Waals surface area contributed by atoms with Gasteiger partial charge in [-0.2, -0.15) is 0 Å². The van der Waals surface area contributed by atoms with Crippen molar-refractivity contribution in [1.82, 2.24) is 4.90 Å². The van der Waals surface area contributed by atoms with Crippen molar-refractivity contribution >= 4 is 0 Å². The summed E-state index contributed by atoms with van der Waals surface area (Å²) in [5.41, 5.74) is 7.09. The van der Waals surface area contributed by atoms with E-state index in [1.165, 1.54) is 5.56 Å². The summed E-state index contributed by atoms with van der Waals surface area (Å²) in [5.74, 6) is 0.955. The second kappa shape index (κ2) is 8.94. The highest BCUT2D eigenvalue weighted by Crippen LogP contribution is 2.13. The summed E-state index contributed by atoms with van der Waals surface area (Å²) < 4.78 is 5.75. The third-order valence-electron chi connectivity index (χ3n) is 3.38. The molecule has 1 atom stereocenters. The summed E-state index contributed by atoms with van der Waals surface area (Å²) in [6.45, 7) is 10.3. The Kier molecular flexibility index (Phi) is 7.53. The summed E-state index contributed by atoms with van der Waals surface area (Å²) >= 11 is 0. The molecule has 0 aliphatic carbocycles. The zero-order chi connectivity index (χ0) is 14.1. The molecular weight excluding hydrogens is 236 g/mol. The standard InChI is InChI=1S/C16H28N2O/c1-4-18(5-2)12-13-19-16-10-8-15(9-11-16)7-6-14(3)17/h8-11,14H,4-7,12-13,17H2,1-3H3. The van der Waals surface area contributed by atoms with Gasteiger partial charge in [0, 0.05) is 12.6 Å². The van der Waals surface area contributed by atoms with E-state index in [9.17, 15) is 0 Å².